The molecule has 0 aliphatic rings. The number of anilines is 3. The van der Waals surface area contributed by atoms with Gasteiger partial charge in [0.1, 0.15) is 5.82 Å². The Morgan fingerprint density at radius 1 is 0.867 bits per heavy atom. The fourth-order valence-electron chi connectivity index (χ4n) is 3.17. The summed E-state index contributed by atoms with van der Waals surface area (Å²) in [5.74, 6) is 1.30. The molecule has 0 aliphatic carbocycles. The Morgan fingerprint density at radius 3 is 2.33 bits per heavy atom. The van der Waals surface area contributed by atoms with Crippen LogP contribution in [0, 0.1) is 11.3 Å². The fourth-order valence-corrected chi connectivity index (χ4v) is 3.17. The van der Waals surface area contributed by atoms with E-state index in [1.54, 1.807) is 12.1 Å². The van der Waals surface area contributed by atoms with E-state index in [9.17, 15) is 0 Å². The van der Waals surface area contributed by atoms with Crippen molar-refractivity contribution in [2.24, 2.45) is 0 Å². The lowest BCUT2D eigenvalue weighted by Crippen LogP contribution is -2.19. The highest BCUT2D eigenvalue weighted by Crippen LogP contribution is 2.25. The Hall–Kier alpha value is -4.17. The second kappa shape index (κ2) is 8.89. The van der Waals surface area contributed by atoms with Gasteiger partial charge in [0.2, 0.25) is 5.95 Å². The average Bonchev–Trinajstić information content (AvgIpc) is 2.80. The van der Waals surface area contributed by atoms with Crippen molar-refractivity contribution < 1.29 is 0 Å². The number of benzene rings is 3. The van der Waals surface area contributed by atoms with Gasteiger partial charge < -0.3 is 10.2 Å². The molecular formula is C25H21N5. The normalized spacial score (nSPS) is 10.3. The Morgan fingerprint density at radius 2 is 1.60 bits per heavy atom. The highest BCUT2D eigenvalue weighted by Gasteiger charge is 2.11. The molecule has 0 aliphatic heterocycles. The van der Waals surface area contributed by atoms with E-state index in [0.29, 0.717) is 23.9 Å². The standard InChI is InChI=1S/C25H21N5/c1-30(18-19-9-4-2-5-10-19)25-28-23(21-12-6-3-7-13-21)16-24(29-25)27-22-14-8-11-20(15-22)17-26/h2-16H,18H2,1H3,(H,27,28,29). The molecule has 0 radical (unpaired) electrons. The summed E-state index contributed by atoms with van der Waals surface area (Å²) in [5.41, 5.74) is 4.44. The Labute approximate surface area is 176 Å². The largest absolute Gasteiger partial charge is 0.340 e. The van der Waals surface area contributed by atoms with Crippen LogP contribution >= 0.6 is 0 Å². The predicted octanol–water partition coefficient (Wildman–Crippen LogP) is 5.40. The summed E-state index contributed by atoms with van der Waals surface area (Å²) in [6.45, 7) is 0.697. The van der Waals surface area contributed by atoms with Gasteiger partial charge >= 0.3 is 0 Å². The second-order valence-corrected chi connectivity index (χ2v) is 6.96. The maximum Gasteiger partial charge on any atom is 0.227 e. The first-order valence-corrected chi connectivity index (χ1v) is 9.68. The number of hydrogen-bond donors (Lipinski definition) is 1. The molecule has 0 unspecified atom stereocenters. The van der Waals surface area contributed by atoms with E-state index < -0.39 is 0 Å². The third kappa shape index (κ3) is 4.62. The van der Waals surface area contributed by atoms with Gasteiger partial charge in [0.05, 0.1) is 17.3 Å². The molecule has 146 valence electrons. The van der Waals surface area contributed by atoms with Crippen molar-refractivity contribution in [2.75, 3.05) is 17.3 Å². The second-order valence-electron chi connectivity index (χ2n) is 6.96. The molecular weight excluding hydrogens is 370 g/mol. The number of hydrogen-bond acceptors (Lipinski definition) is 5. The van der Waals surface area contributed by atoms with Gasteiger partial charge in [-0.25, -0.2) is 4.98 Å². The number of nitrogens with zero attached hydrogens (tertiary/aromatic N) is 4. The molecule has 0 bridgehead atoms. The number of nitriles is 1. The summed E-state index contributed by atoms with van der Waals surface area (Å²) in [7, 11) is 1.98. The Balaban J connectivity index is 1.70. The van der Waals surface area contributed by atoms with E-state index in [1.165, 1.54) is 5.56 Å². The van der Waals surface area contributed by atoms with Crippen LogP contribution in [0.2, 0.25) is 0 Å². The maximum absolute atomic E-state index is 9.17. The summed E-state index contributed by atoms with van der Waals surface area (Å²) in [6, 6.07) is 31.7. The first-order chi connectivity index (χ1) is 14.7. The summed E-state index contributed by atoms with van der Waals surface area (Å²) in [6.07, 6.45) is 0. The molecule has 5 heteroatoms. The minimum Gasteiger partial charge on any atom is -0.340 e. The molecule has 1 aromatic heterocycles. The monoisotopic (exact) mass is 391 g/mol. The summed E-state index contributed by atoms with van der Waals surface area (Å²) >= 11 is 0. The molecule has 0 saturated heterocycles. The van der Waals surface area contributed by atoms with Crippen LogP contribution in [-0.2, 0) is 6.54 Å². The summed E-state index contributed by atoms with van der Waals surface area (Å²) in [4.78, 5) is 11.6. The molecule has 30 heavy (non-hydrogen) atoms. The lowest BCUT2D eigenvalue weighted by Gasteiger charge is -2.19. The van der Waals surface area contributed by atoms with E-state index in [1.807, 2.05) is 78.7 Å². The van der Waals surface area contributed by atoms with Gasteiger partial charge in [-0.15, -0.1) is 0 Å². The minimum absolute atomic E-state index is 0.596. The van der Waals surface area contributed by atoms with Gasteiger partial charge in [-0.05, 0) is 23.8 Å². The van der Waals surface area contributed by atoms with Crippen LogP contribution in [0.15, 0.2) is 91.0 Å². The molecule has 0 fully saturated rings. The van der Waals surface area contributed by atoms with Gasteiger partial charge in [0, 0.05) is 30.9 Å². The fraction of sp³-hybridized carbons (Fsp3) is 0.0800. The molecule has 0 amide bonds. The average molecular weight is 391 g/mol. The first kappa shape index (κ1) is 19.2. The number of aromatic nitrogens is 2. The zero-order valence-corrected chi connectivity index (χ0v) is 16.7. The van der Waals surface area contributed by atoms with Crippen molar-refractivity contribution in [1.29, 1.82) is 5.26 Å². The molecule has 3 aromatic carbocycles. The van der Waals surface area contributed by atoms with Crippen LogP contribution < -0.4 is 10.2 Å². The SMILES string of the molecule is CN(Cc1ccccc1)c1nc(Nc2cccc(C#N)c2)cc(-c2ccccc2)n1. The smallest absolute Gasteiger partial charge is 0.227 e. The van der Waals surface area contributed by atoms with Crippen molar-refractivity contribution in [3.05, 3.63) is 102 Å². The van der Waals surface area contributed by atoms with Gasteiger partial charge in [-0.1, -0.05) is 66.7 Å². The van der Waals surface area contributed by atoms with Crippen molar-refractivity contribution in [1.82, 2.24) is 9.97 Å². The zero-order valence-electron chi connectivity index (χ0n) is 16.7. The van der Waals surface area contributed by atoms with Crippen molar-refractivity contribution in [3.8, 4) is 17.3 Å². The van der Waals surface area contributed by atoms with E-state index >= 15 is 0 Å². The van der Waals surface area contributed by atoms with Gasteiger partial charge in [-0.2, -0.15) is 10.2 Å². The number of rotatable bonds is 6. The predicted molar refractivity (Wildman–Crippen MR) is 120 cm³/mol. The first-order valence-electron chi connectivity index (χ1n) is 9.68. The number of nitrogens with one attached hydrogen (secondary N) is 1. The van der Waals surface area contributed by atoms with E-state index in [-0.39, 0.29) is 0 Å². The third-order valence-corrected chi connectivity index (χ3v) is 4.65. The maximum atomic E-state index is 9.17. The minimum atomic E-state index is 0.596. The topological polar surface area (TPSA) is 64.8 Å². The van der Waals surface area contributed by atoms with Crippen molar-refractivity contribution in [3.63, 3.8) is 0 Å². The molecule has 0 saturated carbocycles. The van der Waals surface area contributed by atoms with Crippen LogP contribution in [0.25, 0.3) is 11.3 Å². The third-order valence-electron chi connectivity index (χ3n) is 4.65. The van der Waals surface area contributed by atoms with Crippen molar-refractivity contribution >= 4 is 17.5 Å². The lowest BCUT2D eigenvalue weighted by atomic mass is 10.1. The van der Waals surface area contributed by atoms with Gasteiger partial charge in [0.25, 0.3) is 0 Å². The summed E-state index contributed by atoms with van der Waals surface area (Å²) in [5, 5.41) is 12.5. The van der Waals surface area contributed by atoms with Crippen LogP contribution in [-0.4, -0.2) is 17.0 Å². The van der Waals surface area contributed by atoms with E-state index in [4.69, 9.17) is 15.2 Å². The molecule has 4 rings (SSSR count). The molecule has 4 aromatic rings. The van der Waals surface area contributed by atoms with Crippen LogP contribution in [0.5, 0.6) is 0 Å². The lowest BCUT2D eigenvalue weighted by molar-refractivity contribution is 0.869. The van der Waals surface area contributed by atoms with Gasteiger partial charge in [0.15, 0.2) is 0 Å². The van der Waals surface area contributed by atoms with Crippen LogP contribution in [0.1, 0.15) is 11.1 Å². The molecule has 0 spiro atoms. The Bertz CT molecular complexity index is 1170. The Kier molecular flexibility index (Phi) is 5.68. The molecule has 1 heterocycles. The zero-order chi connectivity index (χ0) is 20.8. The van der Waals surface area contributed by atoms with Crippen LogP contribution in [0.4, 0.5) is 17.5 Å². The van der Waals surface area contributed by atoms with E-state index in [2.05, 4.69) is 23.5 Å². The quantitative estimate of drug-likeness (QED) is 0.477. The van der Waals surface area contributed by atoms with E-state index in [0.717, 1.165) is 16.9 Å². The van der Waals surface area contributed by atoms with Crippen LogP contribution in [0.3, 0.4) is 0 Å². The highest BCUT2D eigenvalue weighted by molar-refractivity contribution is 5.68. The molecule has 0 atom stereocenters. The molecule has 1 N–H and O–H groups in total. The van der Waals surface area contributed by atoms with Gasteiger partial charge in [-0.3, -0.25) is 0 Å². The molecule has 5 nitrogen and oxygen atoms in total. The summed E-state index contributed by atoms with van der Waals surface area (Å²) < 4.78 is 0. The van der Waals surface area contributed by atoms with Crippen molar-refractivity contribution in [2.45, 2.75) is 6.54 Å². The highest BCUT2D eigenvalue weighted by atomic mass is 15.2.